The van der Waals surface area contributed by atoms with E-state index in [-0.39, 0.29) is 6.10 Å². The van der Waals surface area contributed by atoms with Crippen molar-refractivity contribution < 1.29 is 9.47 Å². The Hall–Kier alpha value is -1.12. The first-order valence-corrected chi connectivity index (χ1v) is 8.44. The predicted octanol–water partition coefficient (Wildman–Crippen LogP) is 4.04. The molecule has 1 aromatic carbocycles. The molecule has 0 spiro atoms. The van der Waals surface area contributed by atoms with E-state index in [1.54, 1.807) is 6.20 Å². The van der Waals surface area contributed by atoms with Gasteiger partial charge in [-0.3, -0.25) is 0 Å². The Labute approximate surface area is 147 Å². The Morgan fingerprint density at radius 2 is 2.14 bits per heavy atom. The SMILES string of the molecule is Clc1cncnc1Nc1cc(I)ccc1OC1CCOCC1. The highest BCUT2D eigenvalue weighted by molar-refractivity contribution is 14.1. The Balaban J connectivity index is 1.82. The molecule has 0 bridgehead atoms. The van der Waals surface area contributed by atoms with Gasteiger partial charge in [-0.05, 0) is 40.8 Å². The maximum absolute atomic E-state index is 6.12. The summed E-state index contributed by atoms with van der Waals surface area (Å²) in [6.45, 7) is 1.49. The largest absolute Gasteiger partial charge is 0.488 e. The van der Waals surface area contributed by atoms with Crippen LogP contribution in [0, 0.1) is 3.57 Å². The van der Waals surface area contributed by atoms with E-state index in [1.807, 2.05) is 18.2 Å². The number of nitrogens with zero attached hydrogens (tertiary/aromatic N) is 2. The summed E-state index contributed by atoms with van der Waals surface area (Å²) in [5, 5.41) is 3.70. The van der Waals surface area contributed by atoms with Crippen LogP contribution in [0.15, 0.2) is 30.7 Å². The molecular formula is C15H15ClIN3O2. The molecule has 1 aliphatic rings. The van der Waals surface area contributed by atoms with E-state index in [9.17, 15) is 0 Å². The molecule has 22 heavy (non-hydrogen) atoms. The van der Waals surface area contributed by atoms with E-state index >= 15 is 0 Å². The van der Waals surface area contributed by atoms with Crippen LogP contribution >= 0.6 is 34.2 Å². The van der Waals surface area contributed by atoms with Gasteiger partial charge < -0.3 is 14.8 Å². The summed E-state index contributed by atoms with van der Waals surface area (Å²) in [6.07, 6.45) is 5.00. The lowest BCUT2D eigenvalue weighted by atomic mass is 10.1. The van der Waals surface area contributed by atoms with E-state index in [0.717, 1.165) is 41.1 Å². The molecular weight excluding hydrogens is 417 g/mol. The van der Waals surface area contributed by atoms with Crippen LogP contribution in [0.2, 0.25) is 5.02 Å². The summed E-state index contributed by atoms with van der Waals surface area (Å²) in [6, 6.07) is 5.99. The number of anilines is 2. The van der Waals surface area contributed by atoms with Gasteiger partial charge in [-0.15, -0.1) is 0 Å². The van der Waals surface area contributed by atoms with Crippen LogP contribution < -0.4 is 10.1 Å². The zero-order valence-electron chi connectivity index (χ0n) is 11.8. The second-order valence-corrected chi connectivity index (χ2v) is 6.57. The van der Waals surface area contributed by atoms with Crippen molar-refractivity contribution in [3.05, 3.63) is 39.3 Å². The minimum absolute atomic E-state index is 0.176. The Morgan fingerprint density at radius 3 is 2.91 bits per heavy atom. The molecule has 0 saturated carbocycles. The molecule has 5 nitrogen and oxygen atoms in total. The van der Waals surface area contributed by atoms with Gasteiger partial charge in [-0.1, -0.05) is 11.6 Å². The van der Waals surface area contributed by atoms with Crippen molar-refractivity contribution in [2.75, 3.05) is 18.5 Å². The lowest BCUT2D eigenvalue weighted by Gasteiger charge is -2.24. The molecule has 1 saturated heterocycles. The first-order valence-electron chi connectivity index (χ1n) is 6.99. The van der Waals surface area contributed by atoms with Crippen molar-refractivity contribution in [1.29, 1.82) is 0 Å². The van der Waals surface area contributed by atoms with Gasteiger partial charge in [0.1, 0.15) is 23.2 Å². The summed E-state index contributed by atoms with van der Waals surface area (Å²) >= 11 is 8.37. The van der Waals surface area contributed by atoms with Gasteiger partial charge in [0.2, 0.25) is 0 Å². The minimum Gasteiger partial charge on any atom is -0.488 e. The summed E-state index contributed by atoms with van der Waals surface area (Å²) in [7, 11) is 0. The molecule has 0 atom stereocenters. The first-order chi connectivity index (χ1) is 10.7. The normalized spacial score (nSPS) is 15.5. The highest BCUT2D eigenvalue weighted by Gasteiger charge is 2.17. The number of nitrogens with one attached hydrogen (secondary N) is 1. The van der Waals surface area contributed by atoms with Crippen molar-refractivity contribution in [2.45, 2.75) is 18.9 Å². The number of aromatic nitrogens is 2. The summed E-state index contributed by atoms with van der Waals surface area (Å²) in [4.78, 5) is 8.05. The fourth-order valence-corrected chi connectivity index (χ4v) is 2.85. The van der Waals surface area contributed by atoms with Crippen LogP contribution in [0.25, 0.3) is 0 Å². The maximum atomic E-state index is 6.12. The van der Waals surface area contributed by atoms with Crippen molar-refractivity contribution in [1.82, 2.24) is 9.97 Å². The molecule has 0 amide bonds. The molecule has 1 fully saturated rings. The summed E-state index contributed by atoms with van der Waals surface area (Å²) in [5.41, 5.74) is 0.846. The zero-order valence-corrected chi connectivity index (χ0v) is 14.7. The molecule has 1 aliphatic heterocycles. The average Bonchev–Trinajstić information content (AvgIpc) is 2.53. The molecule has 1 N–H and O–H groups in total. The van der Waals surface area contributed by atoms with Gasteiger partial charge in [-0.2, -0.15) is 0 Å². The van der Waals surface area contributed by atoms with E-state index in [2.05, 4.69) is 37.9 Å². The number of rotatable bonds is 4. The van der Waals surface area contributed by atoms with Crippen LogP contribution in [0.4, 0.5) is 11.5 Å². The number of hydrogen-bond donors (Lipinski definition) is 1. The third-order valence-corrected chi connectivity index (χ3v) is 4.27. The second kappa shape index (κ2) is 7.43. The Morgan fingerprint density at radius 1 is 1.32 bits per heavy atom. The molecule has 3 rings (SSSR count). The van der Waals surface area contributed by atoms with E-state index in [4.69, 9.17) is 21.1 Å². The Bertz CT molecular complexity index is 650. The van der Waals surface area contributed by atoms with E-state index < -0.39 is 0 Å². The molecule has 116 valence electrons. The zero-order chi connectivity index (χ0) is 15.4. The van der Waals surface area contributed by atoms with Crippen LogP contribution in [0.5, 0.6) is 5.75 Å². The predicted molar refractivity (Wildman–Crippen MR) is 94.0 cm³/mol. The fourth-order valence-electron chi connectivity index (χ4n) is 2.21. The smallest absolute Gasteiger partial charge is 0.152 e. The number of benzene rings is 1. The third-order valence-electron chi connectivity index (χ3n) is 3.32. The standard InChI is InChI=1S/C15H15ClIN3O2/c16-12-8-18-9-19-15(12)20-13-7-10(17)1-2-14(13)22-11-3-5-21-6-4-11/h1-2,7-9,11H,3-6H2,(H,18,19,20). The van der Waals surface area contributed by atoms with Crippen molar-refractivity contribution in [2.24, 2.45) is 0 Å². The van der Waals surface area contributed by atoms with Crippen molar-refractivity contribution in [3.8, 4) is 5.75 Å². The van der Waals surface area contributed by atoms with E-state index in [1.165, 1.54) is 6.33 Å². The van der Waals surface area contributed by atoms with Gasteiger partial charge >= 0.3 is 0 Å². The first kappa shape index (κ1) is 15.8. The number of ether oxygens (including phenoxy) is 2. The highest BCUT2D eigenvalue weighted by Crippen LogP contribution is 2.32. The molecule has 0 unspecified atom stereocenters. The number of hydrogen-bond acceptors (Lipinski definition) is 5. The lowest BCUT2D eigenvalue weighted by molar-refractivity contribution is 0.0258. The van der Waals surface area contributed by atoms with Crippen molar-refractivity contribution in [3.63, 3.8) is 0 Å². The third kappa shape index (κ3) is 3.99. The molecule has 0 aliphatic carbocycles. The van der Waals surface area contributed by atoms with E-state index in [0.29, 0.717) is 10.8 Å². The molecule has 1 aromatic heterocycles. The quantitative estimate of drug-likeness (QED) is 0.741. The van der Waals surface area contributed by atoms with Gasteiger partial charge in [0.05, 0.1) is 25.1 Å². The number of halogens is 2. The molecule has 2 heterocycles. The topological polar surface area (TPSA) is 56.3 Å². The minimum atomic E-state index is 0.176. The Kier molecular flexibility index (Phi) is 5.32. The van der Waals surface area contributed by atoms with Crippen LogP contribution in [0.1, 0.15) is 12.8 Å². The lowest BCUT2D eigenvalue weighted by Crippen LogP contribution is -2.26. The molecule has 0 radical (unpaired) electrons. The summed E-state index contributed by atoms with van der Waals surface area (Å²) in [5.74, 6) is 1.36. The second-order valence-electron chi connectivity index (χ2n) is 4.91. The van der Waals surface area contributed by atoms with Gasteiger partial charge in [-0.25, -0.2) is 9.97 Å². The molecule has 2 aromatic rings. The van der Waals surface area contributed by atoms with Crippen LogP contribution in [-0.4, -0.2) is 29.3 Å². The van der Waals surface area contributed by atoms with Gasteiger partial charge in [0.25, 0.3) is 0 Å². The van der Waals surface area contributed by atoms with Crippen LogP contribution in [0.3, 0.4) is 0 Å². The summed E-state index contributed by atoms with van der Waals surface area (Å²) < 4.78 is 12.6. The monoisotopic (exact) mass is 431 g/mol. The maximum Gasteiger partial charge on any atom is 0.152 e. The van der Waals surface area contributed by atoms with Gasteiger partial charge in [0, 0.05) is 16.4 Å². The van der Waals surface area contributed by atoms with Crippen LogP contribution in [-0.2, 0) is 4.74 Å². The fraction of sp³-hybridized carbons (Fsp3) is 0.333. The average molecular weight is 432 g/mol. The van der Waals surface area contributed by atoms with Gasteiger partial charge in [0.15, 0.2) is 5.82 Å². The van der Waals surface area contributed by atoms with Crippen molar-refractivity contribution >= 4 is 45.7 Å². The highest BCUT2D eigenvalue weighted by atomic mass is 127. The molecule has 7 heteroatoms.